The molecule has 1 unspecified atom stereocenters. The molecule has 7 heteroatoms. The van der Waals surface area contributed by atoms with Crippen molar-refractivity contribution in [2.45, 2.75) is 39.4 Å². The Labute approximate surface area is 147 Å². The molecule has 1 rings (SSSR count). The van der Waals surface area contributed by atoms with Crippen LogP contribution >= 0.6 is 0 Å². The Balaban J connectivity index is 2.46. The van der Waals surface area contributed by atoms with Crippen LogP contribution in [0, 0.1) is 5.92 Å². The molecule has 0 aliphatic rings. The summed E-state index contributed by atoms with van der Waals surface area (Å²) in [7, 11) is 0. The third-order valence-electron chi connectivity index (χ3n) is 3.37. The predicted molar refractivity (Wildman–Crippen MR) is 89.5 cm³/mol. The number of hydrogen-bond acceptors (Lipinski definition) is 6. The molecule has 0 aliphatic carbocycles. The molecule has 0 saturated heterocycles. The smallest absolute Gasteiger partial charge is 0.455 e. The standard InChI is InChI=1S/C18H24O7/c1-13(2)15(12-22-17(20)21)24-16(19)10-11-23-25-18(3,4)14-8-6-5-7-9-14/h5-11,13,15H,12H2,1-4H3,(H,20,21). The Kier molecular flexibility index (Phi) is 7.94. The molecule has 0 aliphatic heterocycles. The zero-order valence-electron chi connectivity index (χ0n) is 14.8. The largest absolute Gasteiger partial charge is 0.505 e. The van der Waals surface area contributed by atoms with Gasteiger partial charge in [-0.3, -0.25) is 0 Å². The van der Waals surface area contributed by atoms with Gasteiger partial charge in [0.15, 0.2) is 0 Å². The second-order valence-electron chi connectivity index (χ2n) is 6.15. The highest BCUT2D eigenvalue weighted by Gasteiger charge is 2.23. The summed E-state index contributed by atoms with van der Waals surface area (Å²) in [4.78, 5) is 32.4. The van der Waals surface area contributed by atoms with Gasteiger partial charge in [-0.1, -0.05) is 44.2 Å². The highest BCUT2D eigenvalue weighted by molar-refractivity contribution is 5.81. The third kappa shape index (κ3) is 7.71. The number of benzene rings is 1. The highest BCUT2D eigenvalue weighted by atomic mass is 17.2. The van der Waals surface area contributed by atoms with Gasteiger partial charge in [0.1, 0.15) is 24.6 Å². The summed E-state index contributed by atoms with van der Waals surface area (Å²) in [5.74, 6) is -0.792. The number of carbonyl (C=O) groups excluding carboxylic acids is 1. The third-order valence-corrected chi connectivity index (χ3v) is 3.37. The van der Waals surface area contributed by atoms with E-state index in [2.05, 4.69) is 4.74 Å². The maximum atomic E-state index is 11.7. The van der Waals surface area contributed by atoms with E-state index >= 15 is 0 Å². The molecule has 7 nitrogen and oxygen atoms in total. The molecule has 0 amide bonds. The van der Waals surface area contributed by atoms with Crippen molar-refractivity contribution in [3.63, 3.8) is 0 Å². The first-order chi connectivity index (χ1) is 11.7. The summed E-state index contributed by atoms with van der Waals surface area (Å²) in [5.41, 5.74) is 0.211. The zero-order valence-corrected chi connectivity index (χ0v) is 14.8. The van der Waals surface area contributed by atoms with Crippen LogP contribution in [0.4, 0.5) is 4.79 Å². The minimum atomic E-state index is -1.42. The van der Waals surface area contributed by atoms with Crippen LogP contribution in [0.25, 0.3) is 0 Å². The van der Waals surface area contributed by atoms with Crippen LogP contribution in [0.2, 0.25) is 0 Å². The van der Waals surface area contributed by atoms with Gasteiger partial charge in [-0.15, -0.1) is 0 Å². The molecule has 1 aromatic carbocycles. The fourth-order valence-electron chi connectivity index (χ4n) is 1.82. The molecule has 0 bridgehead atoms. The van der Waals surface area contributed by atoms with Gasteiger partial charge >= 0.3 is 12.1 Å². The Bertz CT molecular complexity index is 578. The van der Waals surface area contributed by atoms with Crippen molar-refractivity contribution >= 4 is 12.1 Å². The van der Waals surface area contributed by atoms with E-state index in [1.807, 2.05) is 44.2 Å². The Morgan fingerprint density at radius 3 is 2.40 bits per heavy atom. The van der Waals surface area contributed by atoms with E-state index in [4.69, 9.17) is 19.6 Å². The summed E-state index contributed by atoms with van der Waals surface area (Å²) in [5, 5.41) is 8.51. The maximum Gasteiger partial charge on any atom is 0.505 e. The molecular formula is C18H24O7. The van der Waals surface area contributed by atoms with Crippen molar-refractivity contribution in [2.75, 3.05) is 6.61 Å². The summed E-state index contributed by atoms with van der Waals surface area (Å²) < 4.78 is 9.57. The van der Waals surface area contributed by atoms with Crippen molar-refractivity contribution in [1.82, 2.24) is 0 Å². The van der Waals surface area contributed by atoms with Gasteiger partial charge in [-0.2, -0.15) is 4.89 Å². The molecule has 25 heavy (non-hydrogen) atoms. The molecule has 0 spiro atoms. The zero-order chi connectivity index (χ0) is 18.9. The molecule has 138 valence electrons. The first-order valence-electron chi connectivity index (χ1n) is 7.85. The lowest BCUT2D eigenvalue weighted by Crippen LogP contribution is -2.29. The van der Waals surface area contributed by atoms with Gasteiger partial charge in [0.25, 0.3) is 0 Å². The van der Waals surface area contributed by atoms with Gasteiger partial charge in [-0.25, -0.2) is 9.59 Å². The molecular weight excluding hydrogens is 328 g/mol. The number of hydrogen-bond donors (Lipinski definition) is 1. The lowest BCUT2D eigenvalue weighted by Gasteiger charge is -2.22. The lowest BCUT2D eigenvalue weighted by molar-refractivity contribution is -0.321. The van der Waals surface area contributed by atoms with Crippen LogP contribution in [0.15, 0.2) is 42.7 Å². The number of carboxylic acid groups (broad SMARTS) is 1. The van der Waals surface area contributed by atoms with Crippen LogP contribution in [-0.4, -0.2) is 29.9 Å². The van der Waals surface area contributed by atoms with E-state index < -0.39 is 23.8 Å². The topological polar surface area (TPSA) is 91.3 Å². The van der Waals surface area contributed by atoms with Crippen LogP contribution in [-0.2, 0) is 29.6 Å². The van der Waals surface area contributed by atoms with Crippen molar-refractivity contribution in [3.8, 4) is 0 Å². The van der Waals surface area contributed by atoms with E-state index in [1.165, 1.54) is 0 Å². The Morgan fingerprint density at radius 2 is 1.84 bits per heavy atom. The second kappa shape index (κ2) is 9.68. The van der Waals surface area contributed by atoms with E-state index in [0.29, 0.717) is 0 Å². The van der Waals surface area contributed by atoms with Gasteiger partial charge < -0.3 is 19.5 Å². The quantitative estimate of drug-likeness (QED) is 0.238. The second-order valence-corrected chi connectivity index (χ2v) is 6.15. The SMILES string of the molecule is CC(C)C(COC(=O)O)OC(=O)C=COOC(C)(C)c1ccccc1. The molecule has 1 atom stereocenters. The van der Waals surface area contributed by atoms with Gasteiger partial charge in [0.05, 0.1) is 6.08 Å². The maximum absolute atomic E-state index is 11.7. The minimum absolute atomic E-state index is 0.106. The number of carbonyl (C=O) groups is 2. The number of ether oxygens (including phenoxy) is 2. The van der Waals surface area contributed by atoms with Crippen LogP contribution in [0.3, 0.4) is 0 Å². The van der Waals surface area contributed by atoms with Crippen LogP contribution in [0.1, 0.15) is 33.3 Å². The van der Waals surface area contributed by atoms with Crippen molar-refractivity contribution in [3.05, 3.63) is 48.2 Å². The molecule has 1 N–H and O–H groups in total. The Hall–Kier alpha value is -2.54. The average molecular weight is 352 g/mol. The normalized spacial score (nSPS) is 12.8. The van der Waals surface area contributed by atoms with Crippen LogP contribution < -0.4 is 0 Å². The van der Waals surface area contributed by atoms with E-state index in [1.54, 1.807) is 13.8 Å². The molecule has 0 aromatic heterocycles. The van der Waals surface area contributed by atoms with E-state index in [9.17, 15) is 9.59 Å². The van der Waals surface area contributed by atoms with Crippen molar-refractivity contribution in [1.29, 1.82) is 0 Å². The van der Waals surface area contributed by atoms with Crippen molar-refractivity contribution < 1.29 is 33.9 Å². The fourth-order valence-corrected chi connectivity index (χ4v) is 1.82. The average Bonchev–Trinajstić information content (AvgIpc) is 2.56. The monoisotopic (exact) mass is 352 g/mol. The molecule has 0 fully saturated rings. The molecule has 0 saturated carbocycles. The van der Waals surface area contributed by atoms with Gasteiger partial charge in [0.2, 0.25) is 0 Å². The summed E-state index contributed by atoms with van der Waals surface area (Å²) in [6.45, 7) is 6.99. The first-order valence-corrected chi connectivity index (χ1v) is 7.85. The van der Waals surface area contributed by atoms with E-state index in [0.717, 1.165) is 17.9 Å². The van der Waals surface area contributed by atoms with E-state index in [-0.39, 0.29) is 12.5 Å². The summed E-state index contributed by atoms with van der Waals surface area (Å²) in [6.07, 6.45) is 0.0201. The van der Waals surface area contributed by atoms with Gasteiger partial charge in [0, 0.05) is 0 Å². The predicted octanol–water partition coefficient (Wildman–Crippen LogP) is 3.65. The summed E-state index contributed by atoms with van der Waals surface area (Å²) in [6, 6.07) is 9.47. The molecule has 0 heterocycles. The number of esters is 1. The van der Waals surface area contributed by atoms with Crippen molar-refractivity contribution in [2.24, 2.45) is 5.92 Å². The number of rotatable bonds is 9. The molecule has 1 aromatic rings. The van der Waals surface area contributed by atoms with Crippen LogP contribution in [0.5, 0.6) is 0 Å². The molecule has 0 radical (unpaired) electrons. The minimum Gasteiger partial charge on any atom is -0.455 e. The highest BCUT2D eigenvalue weighted by Crippen LogP contribution is 2.24. The summed E-state index contributed by atoms with van der Waals surface area (Å²) >= 11 is 0. The first kappa shape index (κ1) is 20.5. The van der Waals surface area contributed by atoms with Gasteiger partial charge in [-0.05, 0) is 25.3 Å². The fraction of sp³-hybridized carbons (Fsp3) is 0.444. The lowest BCUT2D eigenvalue weighted by atomic mass is 9.99. The Morgan fingerprint density at radius 1 is 1.20 bits per heavy atom.